The summed E-state index contributed by atoms with van der Waals surface area (Å²) < 4.78 is 2.03. The van der Waals surface area contributed by atoms with Crippen LogP contribution in [-0.2, 0) is 11.2 Å². The number of amides is 1. The van der Waals surface area contributed by atoms with E-state index >= 15 is 0 Å². The van der Waals surface area contributed by atoms with E-state index in [4.69, 9.17) is 28.2 Å². The van der Waals surface area contributed by atoms with Crippen LogP contribution in [0.5, 0.6) is 0 Å². The van der Waals surface area contributed by atoms with Gasteiger partial charge in [0.25, 0.3) is 0 Å². The molecule has 0 bridgehead atoms. The van der Waals surface area contributed by atoms with Crippen molar-refractivity contribution >= 4 is 40.1 Å². The van der Waals surface area contributed by atoms with E-state index in [0.717, 1.165) is 28.8 Å². The van der Waals surface area contributed by atoms with Gasteiger partial charge in [0.1, 0.15) is 11.9 Å². The van der Waals surface area contributed by atoms with Gasteiger partial charge in [0.15, 0.2) is 0 Å². The molecule has 0 fully saturated rings. The summed E-state index contributed by atoms with van der Waals surface area (Å²) in [5, 5.41) is 4.21. The van der Waals surface area contributed by atoms with Crippen molar-refractivity contribution in [2.75, 3.05) is 6.54 Å². The highest BCUT2D eigenvalue weighted by atomic mass is 35.5. The normalized spacial score (nSPS) is 12.3. The van der Waals surface area contributed by atoms with Gasteiger partial charge in [-0.1, -0.05) is 55.2 Å². The lowest BCUT2D eigenvalue weighted by molar-refractivity contribution is -0.124. The maximum atomic E-state index is 12.8. The van der Waals surface area contributed by atoms with Crippen LogP contribution in [0, 0.1) is 0 Å². The van der Waals surface area contributed by atoms with Gasteiger partial charge in [-0.25, -0.2) is 4.98 Å². The molecule has 1 N–H and O–H groups in total. The van der Waals surface area contributed by atoms with Gasteiger partial charge in [0.05, 0.1) is 11.0 Å². The van der Waals surface area contributed by atoms with Gasteiger partial charge in [0.2, 0.25) is 5.91 Å². The molecule has 0 aliphatic carbocycles. The first-order chi connectivity index (χ1) is 13.1. The first-order valence-electron chi connectivity index (χ1n) is 9.23. The Balaban J connectivity index is 2.10. The number of hydrogen-bond donors (Lipinski definition) is 1. The van der Waals surface area contributed by atoms with E-state index in [2.05, 4.69) is 5.32 Å². The maximum Gasteiger partial charge on any atom is 0.243 e. The van der Waals surface area contributed by atoms with Gasteiger partial charge in [-0.05, 0) is 42.7 Å². The van der Waals surface area contributed by atoms with E-state index in [0.29, 0.717) is 29.4 Å². The molecule has 27 heavy (non-hydrogen) atoms. The Morgan fingerprint density at radius 2 is 1.81 bits per heavy atom. The van der Waals surface area contributed by atoms with Crippen molar-refractivity contribution in [2.45, 2.75) is 39.2 Å². The molecule has 0 spiro atoms. The minimum atomic E-state index is -0.333. The minimum absolute atomic E-state index is 0.00834. The Morgan fingerprint density at radius 1 is 1.11 bits per heavy atom. The third-order valence-corrected chi connectivity index (χ3v) is 5.32. The van der Waals surface area contributed by atoms with Gasteiger partial charge in [-0.2, -0.15) is 0 Å². The van der Waals surface area contributed by atoms with Gasteiger partial charge < -0.3 is 9.88 Å². The first kappa shape index (κ1) is 19.7. The third kappa shape index (κ3) is 4.12. The maximum absolute atomic E-state index is 12.8. The standard InChI is InChI=1S/C21H23Cl2N3O/c1-3-12-24-21(27)18(4-2)26-19-11-6-5-10-17(19)25-20(26)13-14-15(22)8-7-9-16(14)23/h5-11,18H,3-4,12-13H2,1-2H3,(H,24,27)/t18-/m1/s1. The molecule has 1 aromatic heterocycles. The van der Waals surface area contributed by atoms with Gasteiger partial charge >= 0.3 is 0 Å². The fourth-order valence-corrected chi connectivity index (χ4v) is 3.81. The Hall–Kier alpha value is -2.04. The second kappa shape index (κ2) is 8.77. The molecule has 0 unspecified atom stereocenters. The molecule has 4 nitrogen and oxygen atoms in total. The van der Waals surface area contributed by atoms with Crippen LogP contribution in [-0.4, -0.2) is 22.0 Å². The van der Waals surface area contributed by atoms with E-state index < -0.39 is 0 Å². The number of hydrogen-bond acceptors (Lipinski definition) is 2. The molecule has 1 heterocycles. The molecular weight excluding hydrogens is 381 g/mol. The van der Waals surface area contributed by atoms with Crippen molar-refractivity contribution in [3.8, 4) is 0 Å². The fraction of sp³-hybridized carbons (Fsp3) is 0.333. The van der Waals surface area contributed by atoms with E-state index in [1.807, 2.05) is 60.9 Å². The van der Waals surface area contributed by atoms with Crippen molar-refractivity contribution in [1.29, 1.82) is 0 Å². The number of aromatic nitrogens is 2. The van der Waals surface area contributed by atoms with Gasteiger partial charge in [-0.3, -0.25) is 4.79 Å². The summed E-state index contributed by atoms with van der Waals surface area (Å²) in [5.41, 5.74) is 2.62. The minimum Gasteiger partial charge on any atom is -0.354 e. The highest BCUT2D eigenvalue weighted by molar-refractivity contribution is 6.36. The highest BCUT2D eigenvalue weighted by Gasteiger charge is 2.24. The molecule has 0 aliphatic rings. The van der Waals surface area contributed by atoms with Crippen LogP contribution in [0.25, 0.3) is 11.0 Å². The molecule has 3 aromatic rings. The summed E-state index contributed by atoms with van der Waals surface area (Å²) in [5.74, 6) is 0.790. The second-order valence-electron chi connectivity index (χ2n) is 6.48. The number of halogens is 2. The van der Waals surface area contributed by atoms with Crippen LogP contribution in [0.1, 0.15) is 44.1 Å². The van der Waals surface area contributed by atoms with Gasteiger partial charge in [0, 0.05) is 23.0 Å². The molecule has 1 amide bonds. The van der Waals surface area contributed by atoms with Crippen molar-refractivity contribution < 1.29 is 4.79 Å². The average molecular weight is 404 g/mol. The summed E-state index contributed by atoms with van der Waals surface area (Å²) in [7, 11) is 0. The lowest BCUT2D eigenvalue weighted by atomic mass is 10.1. The molecule has 2 aromatic carbocycles. The summed E-state index contributed by atoms with van der Waals surface area (Å²) in [6.07, 6.45) is 2.03. The predicted molar refractivity (Wildman–Crippen MR) is 112 cm³/mol. The highest BCUT2D eigenvalue weighted by Crippen LogP contribution is 2.30. The molecule has 3 rings (SSSR count). The molecule has 0 aliphatic heterocycles. The van der Waals surface area contributed by atoms with Crippen molar-refractivity contribution in [3.05, 3.63) is 63.9 Å². The van der Waals surface area contributed by atoms with Crippen LogP contribution >= 0.6 is 23.2 Å². The number of imidazole rings is 1. The Bertz CT molecular complexity index is 931. The van der Waals surface area contributed by atoms with Crippen LogP contribution in [0.3, 0.4) is 0 Å². The number of nitrogens with one attached hydrogen (secondary N) is 1. The molecule has 0 saturated carbocycles. The van der Waals surface area contributed by atoms with Crippen LogP contribution in [0.2, 0.25) is 10.0 Å². The summed E-state index contributed by atoms with van der Waals surface area (Å²) in [6.45, 7) is 4.71. The predicted octanol–water partition coefficient (Wildman–Crippen LogP) is 5.41. The molecule has 0 radical (unpaired) electrons. The monoisotopic (exact) mass is 403 g/mol. The number of carbonyl (C=O) groups is 1. The number of nitrogens with zero attached hydrogens (tertiary/aromatic N) is 2. The molecule has 142 valence electrons. The van der Waals surface area contributed by atoms with Crippen molar-refractivity contribution in [3.63, 3.8) is 0 Å². The zero-order valence-corrected chi connectivity index (χ0v) is 17.0. The fourth-order valence-electron chi connectivity index (χ4n) is 3.28. The molecular formula is C21H23Cl2N3O. The van der Waals surface area contributed by atoms with E-state index in [1.165, 1.54) is 0 Å². The lowest BCUT2D eigenvalue weighted by Crippen LogP contribution is -2.33. The largest absolute Gasteiger partial charge is 0.354 e. The zero-order chi connectivity index (χ0) is 19.4. The van der Waals surface area contributed by atoms with Crippen LogP contribution in [0.15, 0.2) is 42.5 Å². The Labute approximate surface area is 169 Å². The van der Waals surface area contributed by atoms with Crippen molar-refractivity contribution in [2.24, 2.45) is 0 Å². The first-order valence-corrected chi connectivity index (χ1v) is 9.98. The van der Waals surface area contributed by atoms with Crippen LogP contribution < -0.4 is 5.32 Å². The number of para-hydroxylation sites is 2. The molecule has 0 saturated heterocycles. The van der Waals surface area contributed by atoms with E-state index in [-0.39, 0.29) is 11.9 Å². The summed E-state index contributed by atoms with van der Waals surface area (Å²) in [6, 6.07) is 13.0. The lowest BCUT2D eigenvalue weighted by Gasteiger charge is -2.20. The number of rotatable bonds is 7. The SMILES string of the molecule is CCCNC(=O)[C@@H](CC)n1c(Cc2c(Cl)cccc2Cl)nc2ccccc21. The zero-order valence-electron chi connectivity index (χ0n) is 15.5. The van der Waals surface area contributed by atoms with E-state index in [9.17, 15) is 4.79 Å². The average Bonchev–Trinajstić information content (AvgIpc) is 3.02. The topological polar surface area (TPSA) is 46.9 Å². The molecule has 6 heteroatoms. The number of carbonyl (C=O) groups excluding carboxylic acids is 1. The van der Waals surface area contributed by atoms with Crippen LogP contribution in [0.4, 0.5) is 0 Å². The van der Waals surface area contributed by atoms with E-state index in [1.54, 1.807) is 0 Å². The summed E-state index contributed by atoms with van der Waals surface area (Å²) in [4.78, 5) is 17.6. The Morgan fingerprint density at radius 3 is 2.48 bits per heavy atom. The second-order valence-corrected chi connectivity index (χ2v) is 7.29. The molecule has 1 atom stereocenters. The number of fused-ring (bicyclic) bond motifs is 1. The van der Waals surface area contributed by atoms with Gasteiger partial charge in [-0.15, -0.1) is 0 Å². The third-order valence-electron chi connectivity index (χ3n) is 4.62. The Kier molecular flexibility index (Phi) is 6.40. The quantitative estimate of drug-likeness (QED) is 0.572. The smallest absolute Gasteiger partial charge is 0.243 e. The summed E-state index contributed by atoms with van der Waals surface area (Å²) >= 11 is 12.7. The number of benzene rings is 2. The van der Waals surface area contributed by atoms with Crippen molar-refractivity contribution in [1.82, 2.24) is 14.9 Å².